The molecule has 0 aliphatic rings. The standard InChI is InChI=1S/C26H21NO3S/c1-18-7-9-19(10-8-18)16-30-26(29)27-25(28)24-15-23(17-31-24)22-13-11-21(12-14-22)20-5-3-2-4-6-20/h2-15,17H,16H2,1H3,(H,27,28,29). The molecule has 0 bridgehead atoms. The van der Waals surface area contributed by atoms with Gasteiger partial charge in [-0.15, -0.1) is 11.3 Å². The maximum absolute atomic E-state index is 12.4. The molecular weight excluding hydrogens is 406 g/mol. The van der Waals surface area contributed by atoms with Crippen LogP contribution in [0, 0.1) is 6.92 Å². The van der Waals surface area contributed by atoms with Crippen LogP contribution in [-0.4, -0.2) is 12.0 Å². The highest BCUT2D eigenvalue weighted by atomic mass is 32.1. The van der Waals surface area contributed by atoms with E-state index in [1.807, 2.05) is 66.9 Å². The number of alkyl carbamates (subject to hydrolysis) is 1. The Labute approximate surface area is 185 Å². The van der Waals surface area contributed by atoms with Gasteiger partial charge in [0.25, 0.3) is 5.91 Å². The summed E-state index contributed by atoms with van der Waals surface area (Å²) in [6, 6.07) is 27.8. The van der Waals surface area contributed by atoms with Crippen molar-refractivity contribution in [3.63, 3.8) is 0 Å². The number of benzene rings is 3. The van der Waals surface area contributed by atoms with Crippen LogP contribution in [-0.2, 0) is 11.3 Å². The maximum Gasteiger partial charge on any atom is 0.414 e. The highest BCUT2D eigenvalue weighted by Gasteiger charge is 2.14. The number of rotatable bonds is 5. The zero-order chi connectivity index (χ0) is 21.6. The van der Waals surface area contributed by atoms with Crippen molar-refractivity contribution >= 4 is 23.3 Å². The van der Waals surface area contributed by atoms with Crippen LogP contribution in [0.2, 0.25) is 0 Å². The third-order valence-corrected chi connectivity index (χ3v) is 5.78. The molecule has 1 aromatic heterocycles. The summed E-state index contributed by atoms with van der Waals surface area (Å²) in [5.41, 5.74) is 6.23. The fourth-order valence-electron chi connectivity index (χ4n) is 3.12. The van der Waals surface area contributed by atoms with E-state index in [1.165, 1.54) is 11.3 Å². The number of aryl methyl sites for hydroxylation is 1. The molecule has 0 aliphatic heterocycles. The summed E-state index contributed by atoms with van der Waals surface area (Å²) in [5, 5.41) is 4.19. The lowest BCUT2D eigenvalue weighted by atomic mass is 10.0. The van der Waals surface area contributed by atoms with Crippen LogP contribution in [0.4, 0.5) is 4.79 Å². The van der Waals surface area contributed by atoms with Gasteiger partial charge >= 0.3 is 6.09 Å². The van der Waals surface area contributed by atoms with Crippen molar-refractivity contribution in [2.45, 2.75) is 13.5 Å². The number of carbonyl (C=O) groups excluding carboxylic acids is 2. The fraction of sp³-hybridized carbons (Fsp3) is 0.0769. The van der Waals surface area contributed by atoms with E-state index in [0.717, 1.165) is 33.4 Å². The number of ether oxygens (including phenoxy) is 1. The van der Waals surface area contributed by atoms with Gasteiger partial charge in [-0.25, -0.2) is 4.79 Å². The van der Waals surface area contributed by atoms with E-state index in [1.54, 1.807) is 6.07 Å². The van der Waals surface area contributed by atoms with Crippen molar-refractivity contribution in [1.82, 2.24) is 5.32 Å². The molecule has 0 unspecified atom stereocenters. The number of imide groups is 1. The molecule has 1 heterocycles. The minimum Gasteiger partial charge on any atom is -0.444 e. The number of hydrogen-bond donors (Lipinski definition) is 1. The second-order valence-corrected chi connectivity index (χ2v) is 8.07. The Bertz CT molecular complexity index is 1180. The van der Waals surface area contributed by atoms with Gasteiger partial charge in [0.15, 0.2) is 0 Å². The van der Waals surface area contributed by atoms with Gasteiger partial charge in [-0.3, -0.25) is 10.1 Å². The maximum atomic E-state index is 12.4. The van der Waals surface area contributed by atoms with Crippen LogP contribution >= 0.6 is 11.3 Å². The summed E-state index contributed by atoms with van der Waals surface area (Å²) in [7, 11) is 0. The SMILES string of the molecule is Cc1ccc(COC(=O)NC(=O)c2cc(-c3ccc(-c4ccccc4)cc3)cs2)cc1. The average Bonchev–Trinajstić information content (AvgIpc) is 3.30. The van der Waals surface area contributed by atoms with Crippen LogP contribution in [0.5, 0.6) is 0 Å². The molecule has 0 spiro atoms. The van der Waals surface area contributed by atoms with Gasteiger partial charge in [-0.2, -0.15) is 0 Å². The van der Waals surface area contributed by atoms with Gasteiger partial charge in [-0.1, -0.05) is 84.4 Å². The Morgan fingerprint density at radius 3 is 2.10 bits per heavy atom. The van der Waals surface area contributed by atoms with Gasteiger partial charge in [0.05, 0.1) is 4.88 Å². The molecule has 3 aromatic carbocycles. The second kappa shape index (κ2) is 9.41. The molecular formula is C26H21NO3S. The van der Waals surface area contributed by atoms with E-state index in [4.69, 9.17) is 4.74 Å². The van der Waals surface area contributed by atoms with Crippen molar-refractivity contribution in [3.05, 3.63) is 106 Å². The summed E-state index contributed by atoms with van der Waals surface area (Å²) in [5.74, 6) is -0.467. The van der Waals surface area contributed by atoms with Crippen LogP contribution in [0.1, 0.15) is 20.8 Å². The predicted octanol–water partition coefficient (Wildman–Crippen LogP) is 6.46. The molecule has 31 heavy (non-hydrogen) atoms. The van der Waals surface area contributed by atoms with Gasteiger partial charge in [0, 0.05) is 0 Å². The fourth-order valence-corrected chi connectivity index (χ4v) is 3.93. The minimum atomic E-state index is -0.757. The third-order valence-electron chi connectivity index (χ3n) is 4.85. The highest BCUT2D eigenvalue weighted by molar-refractivity contribution is 7.12. The quantitative estimate of drug-likeness (QED) is 0.398. The van der Waals surface area contributed by atoms with E-state index in [0.29, 0.717) is 4.88 Å². The molecule has 0 atom stereocenters. The van der Waals surface area contributed by atoms with Crippen molar-refractivity contribution < 1.29 is 14.3 Å². The molecule has 2 amide bonds. The number of amides is 2. The summed E-state index contributed by atoms with van der Waals surface area (Å²) >= 11 is 1.29. The molecule has 4 rings (SSSR count). The number of hydrogen-bond acceptors (Lipinski definition) is 4. The van der Waals surface area contributed by atoms with Gasteiger partial charge in [0.1, 0.15) is 6.61 Å². The summed E-state index contributed by atoms with van der Waals surface area (Å²) < 4.78 is 5.14. The third kappa shape index (κ3) is 5.27. The first kappa shape index (κ1) is 20.6. The Morgan fingerprint density at radius 1 is 0.806 bits per heavy atom. The summed E-state index contributed by atoms with van der Waals surface area (Å²) in [6.45, 7) is 2.10. The first-order chi connectivity index (χ1) is 15.1. The largest absolute Gasteiger partial charge is 0.444 e. The molecule has 154 valence electrons. The molecule has 0 saturated heterocycles. The van der Waals surface area contributed by atoms with Crippen molar-refractivity contribution in [1.29, 1.82) is 0 Å². The van der Waals surface area contributed by atoms with Crippen LogP contribution in [0.15, 0.2) is 90.3 Å². The van der Waals surface area contributed by atoms with Crippen LogP contribution < -0.4 is 5.32 Å². The monoisotopic (exact) mass is 427 g/mol. The molecule has 0 radical (unpaired) electrons. The van der Waals surface area contributed by atoms with E-state index in [-0.39, 0.29) is 6.61 Å². The predicted molar refractivity (Wildman–Crippen MR) is 124 cm³/mol. The van der Waals surface area contributed by atoms with E-state index in [9.17, 15) is 9.59 Å². The molecule has 0 saturated carbocycles. The molecule has 1 N–H and O–H groups in total. The molecule has 0 aliphatic carbocycles. The zero-order valence-electron chi connectivity index (χ0n) is 17.0. The van der Waals surface area contributed by atoms with Crippen molar-refractivity contribution in [3.8, 4) is 22.3 Å². The average molecular weight is 428 g/mol. The van der Waals surface area contributed by atoms with E-state index < -0.39 is 12.0 Å². The Balaban J connectivity index is 1.36. The number of nitrogens with one attached hydrogen (secondary N) is 1. The first-order valence-corrected chi connectivity index (χ1v) is 10.7. The lowest BCUT2D eigenvalue weighted by Crippen LogP contribution is -2.30. The molecule has 4 nitrogen and oxygen atoms in total. The van der Waals surface area contributed by atoms with Crippen LogP contribution in [0.3, 0.4) is 0 Å². The lowest BCUT2D eigenvalue weighted by molar-refractivity contribution is 0.0916. The van der Waals surface area contributed by atoms with E-state index in [2.05, 4.69) is 29.6 Å². The smallest absolute Gasteiger partial charge is 0.414 e. The first-order valence-electron chi connectivity index (χ1n) is 9.86. The number of carbonyl (C=O) groups is 2. The van der Waals surface area contributed by atoms with Gasteiger partial charge in [-0.05, 0) is 46.2 Å². The second-order valence-electron chi connectivity index (χ2n) is 7.16. The summed E-state index contributed by atoms with van der Waals surface area (Å²) in [4.78, 5) is 24.8. The zero-order valence-corrected chi connectivity index (χ0v) is 17.8. The Hall–Kier alpha value is -3.70. The minimum absolute atomic E-state index is 0.114. The van der Waals surface area contributed by atoms with Crippen LogP contribution in [0.25, 0.3) is 22.3 Å². The van der Waals surface area contributed by atoms with Gasteiger partial charge in [0.2, 0.25) is 0 Å². The Morgan fingerprint density at radius 2 is 1.42 bits per heavy atom. The molecule has 5 heteroatoms. The molecule has 4 aromatic rings. The van der Waals surface area contributed by atoms with Crippen molar-refractivity contribution in [2.24, 2.45) is 0 Å². The number of thiophene rings is 1. The van der Waals surface area contributed by atoms with Crippen molar-refractivity contribution in [2.75, 3.05) is 0 Å². The topological polar surface area (TPSA) is 55.4 Å². The van der Waals surface area contributed by atoms with Gasteiger partial charge < -0.3 is 4.74 Å². The Kier molecular flexibility index (Phi) is 6.24. The molecule has 0 fully saturated rings. The lowest BCUT2D eigenvalue weighted by Gasteiger charge is -2.06. The summed E-state index contributed by atoms with van der Waals surface area (Å²) in [6.07, 6.45) is -0.757. The van der Waals surface area contributed by atoms with E-state index >= 15 is 0 Å². The normalized spacial score (nSPS) is 10.5. The highest BCUT2D eigenvalue weighted by Crippen LogP contribution is 2.28.